The SMILES string of the molecule is COC1(c2cc3c(N[C@H](C)c4cccc(C(F)F)c4F)ncnc3n(C)c2=O)C2CCC1CN(C(C)=O)C2. The highest BCUT2D eigenvalue weighted by molar-refractivity contribution is 5.87. The van der Waals surface area contributed by atoms with Crippen LogP contribution in [0.15, 0.2) is 35.4 Å². The maximum absolute atomic E-state index is 14.8. The molecule has 2 bridgehead atoms. The van der Waals surface area contributed by atoms with Gasteiger partial charge >= 0.3 is 0 Å². The Kier molecular flexibility index (Phi) is 6.66. The molecule has 202 valence electrons. The van der Waals surface area contributed by atoms with Crippen LogP contribution in [-0.2, 0) is 22.2 Å². The third-order valence-electron chi connectivity index (χ3n) is 8.28. The van der Waals surface area contributed by atoms with Crippen molar-refractivity contribution in [3.8, 4) is 0 Å². The van der Waals surface area contributed by atoms with Gasteiger partial charge in [0.1, 0.15) is 29.2 Å². The van der Waals surface area contributed by atoms with Gasteiger partial charge in [0.2, 0.25) is 5.91 Å². The molecule has 3 aromatic rings. The molecule has 1 aromatic carbocycles. The second kappa shape index (κ2) is 9.68. The van der Waals surface area contributed by atoms with E-state index < -0.39 is 29.4 Å². The first-order chi connectivity index (χ1) is 18.1. The van der Waals surface area contributed by atoms with E-state index in [0.29, 0.717) is 35.5 Å². The first-order valence-electron chi connectivity index (χ1n) is 12.6. The zero-order valence-electron chi connectivity index (χ0n) is 21.7. The standard InChI is InChI=1S/C27H30F3N5O3/c1-14(18-6-5-7-19(22(18)28)23(29)30)33-24-20-10-21(26(37)34(3)25(20)32-13-31-24)27(38-4)16-8-9-17(27)12-35(11-16)15(2)36/h5-7,10,13-14,16-17,23H,8-9,11-12H2,1-4H3,(H,31,32,33)/t14-,16?,17?,27?/m1/s1. The number of methoxy groups -OCH3 is 1. The van der Waals surface area contributed by atoms with E-state index in [1.165, 1.54) is 23.0 Å². The van der Waals surface area contributed by atoms with E-state index in [0.717, 1.165) is 18.9 Å². The molecule has 0 spiro atoms. The molecule has 2 fully saturated rings. The Morgan fingerprint density at radius 2 is 1.84 bits per heavy atom. The van der Waals surface area contributed by atoms with Crippen LogP contribution in [0, 0.1) is 17.7 Å². The molecule has 2 aromatic heterocycles. The van der Waals surface area contributed by atoms with E-state index in [1.807, 2.05) is 4.90 Å². The summed E-state index contributed by atoms with van der Waals surface area (Å²) >= 11 is 0. The number of hydrogen-bond acceptors (Lipinski definition) is 6. The van der Waals surface area contributed by atoms with Gasteiger partial charge in [0.25, 0.3) is 12.0 Å². The van der Waals surface area contributed by atoms with Crippen LogP contribution in [0.2, 0.25) is 0 Å². The summed E-state index contributed by atoms with van der Waals surface area (Å²) in [5.74, 6) is -0.769. The van der Waals surface area contributed by atoms with Crippen LogP contribution in [0.4, 0.5) is 19.0 Å². The van der Waals surface area contributed by atoms with Crippen molar-refractivity contribution in [1.82, 2.24) is 19.4 Å². The summed E-state index contributed by atoms with van der Waals surface area (Å²) in [6.45, 7) is 4.19. The molecule has 8 nitrogen and oxygen atoms in total. The second-order valence-electron chi connectivity index (χ2n) is 10.2. The smallest absolute Gasteiger partial charge is 0.266 e. The molecule has 1 N–H and O–H groups in total. The lowest BCUT2D eigenvalue weighted by molar-refractivity contribution is -0.147. The molecule has 2 aliphatic rings. The van der Waals surface area contributed by atoms with Gasteiger partial charge in [0.15, 0.2) is 0 Å². The predicted octanol–water partition coefficient (Wildman–Crippen LogP) is 4.31. The molecule has 0 radical (unpaired) electrons. The van der Waals surface area contributed by atoms with Gasteiger partial charge in [0, 0.05) is 51.6 Å². The summed E-state index contributed by atoms with van der Waals surface area (Å²) in [5, 5.41) is 3.65. The van der Waals surface area contributed by atoms with Crippen LogP contribution in [0.5, 0.6) is 0 Å². The van der Waals surface area contributed by atoms with Crippen molar-refractivity contribution >= 4 is 22.8 Å². The van der Waals surface area contributed by atoms with Crippen molar-refractivity contribution in [3.63, 3.8) is 0 Å². The Morgan fingerprint density at radius 1 is 1.18 bits per heavy atom. The number of pyridine rings is 1. The maximum atomic E-state index is 14.8. The normalized spacial score (nSPS) is 23.7. The highest BCUT2D eigenvalue weighted by Gasteiger charge is 2.57. The fourth-order valence-electron chi connectivity index (χ4n) is 6.38. The number of rotatable bonds is 6. The zero-order chi connectivity index (χ0) is 27.4. The Morgan fingerprint density at radius 3 is 2.45 bits per heavy atom. The average molecular weight is 530 g/mol. The molecule has 1 amide bonds. The number of halogens is 3. The van der Waals surface area contributed by atoms with Gasteiger partial charge in [-0.15, -0.1) is 0 Å². The number of nitrogens with one attached hydrogen (secondary N) is 1. The van der Waals surface area contributed by atoms with Gasteiger partial charge in [-0.3, -0.25) is 14.2 Å². The Bertz CT molecular complexity index is 1450. The minimum absolute atomic E-state index is 0.00460. The summed E-state index contributed by atoms with van der Waals surface area (Å²) in [5.41, 5.74) is -0.899. The molecule has 1 saturated heterocycles. The molecule has 11 heteroatoms. The summed E-state index contributed by atoms with van der Waals surface area (Å²) in [4.78, 5) is 36.3. The second-order valence-corrected chi connectivity index (χ2v) is 10.2. The number of aryl methyl sites for hydroxylation is 1. The number of piperidine rings is 1. The van der Waals surface area contributed by atoms with E-state index in [4.69, 9.17) is 4.74 Å². The van der Waals surface area contributed by atoms with Crippen LogP contribution < -0.4 is 10.9 Å². The molecular formula is C27H30F3N5O3. The summed E-state index contributed by atoms with van der Waals surface area (Å²) in [7, 11) is 3.22. The van der Waals surface area contributed by atoms with Gasteiger partial charge in [-0.05, 0) is 25.8 Å². The number of fused-ring (bicyclic) bond motifs is 3. The summed E-state index contributed by atoms with van der Waals surface area (Å²) < 4.78 is 49.0. The van der Waals surface area contributed by atoms with Gasteiger partial charge < -0.3 is 15.0 Å². The molecule has 5 rings (SSSR count). The van der Waals surface area contributed by atoms with Crippen LogP contribution in [-0.4, -0.2) is 45.5 Å². The van der Waals surface area contributed by atoms with Crippen LogP contribution in [0.1, 0.15) is 55.8 Å². The number of alkyl halides is 2. The van der Waals surface area contributed by atoms with Crippen molar-refractivity contribution in [2.45, 2.75) is 44.8 Å². The number of hydrogen-bond donors (Lipinski definition) is 1. The number of likely N-dealkylation sites (tertiary alicyclic amines) is 1. The first kappa shape index (κ1) is 26.1. The summed E-state index contributed by atoms with van der Waals surface area (Å²) in [6, 6.07) is 4.93. The van der Waals surface area contributed by atoms with Crippen molar-refractivity contribution < 1.29 is 22.7 Å². The van der Waals surface area contributed by atoms with Gasteiger partial charge in [-0.1, -0.05) is 18.2 Å². The molecule has 1 aliphatic carbocycles. The minimum atomic E-state index is -2.94. The Hall–Kier alpha value is -3.47. The fourth-order valence-corrected chi connectivity index (χ4v) is 6.38. The van der Waals surface area contributed by atoms with Crippen LogP contribution in [0.3, 0.4) is 0 Å². The summed E-state index contributed by atoms with van der Waals surface area (Å²) in [6.07, 6.45) is -0.00851. The molecule has 1 saturated carbocycles. The third-order valence-corrected chi connectivity index (χ3v) is 8.28. The number of carbonyl (C=O) groups excluding carboxylic acids is 1. The number of nitrogens with zero attached hydrogens (tertiary/aromatic N) is 4. The van der Waals surface area contributed by atoms with Gasteiger partial charge in [-0.2, -0.15) is 0 Å². The topological polar surface area (TPSA) is 89.3 Å². The number of carbonyl (C=O) groups is 1. The number of anilines is 1. The largest absolute Gasteiger partial charge is 0.373 e. The number of ether oxygens (including phenoxy) is 1. The van der Waals surface area contributed by atoms with Crippen molar-refractivity contribution in [2.24, 2.45) is 18.9 Å². The van der Waals surface area contributed by atoms with E-state index in [2.05, 4.69) is 15.3 Å². The quantitative estimate of drug-likeness (QED) is 0.512. The molecule has 2 unspecified atom stereocenters. The van der Waals surface area contributed by atoms with E-state index >= 15 is 0 Å². The third kappa shape index (κ3) is 3.95. The Balaban J connectivity index is 1.60. The lowest BCUT2D eigenvalue weighted by atomic mass is 9.75. The Labute approximate surface area is 217 Å². The number of benzene rings is 1. The monoisotopic (exact) mass is 529 g/mol. The van der Waals surface area contributed by atoms with E-state index in [9.17, 15) is 22.8 Å². The molecule has 3 atom stereocenters. The van der Waals surface area contributed by atoms with E-state index in [-0.39, 0.29) is 28.9 Å². The van der Waals surface area contributed by atoms with Gasteiger partial charge in [-0.25, -0.2) is 23.1 Å². The van der Waals surface area contributed by atoms with Crippen molar-refractivity contribution in [1.29, 1.82) is 0 Å². The lowest BCUT2D eigenvalue weighted by Gasteiger charge is -2.46. The lowest BCUT2D eigenvalue weighted by Crippen LogP contribution is -2.56. The zero-order valence-corrected chi connectivity index (χ0v) is 21.7. The minimum Gasteiger partial charge on any atom is -0.373 e. The molecule has 38 heavy (non-hydrogen) atoms. The van der Waals surface area contributed by atoms with Crippen molar-refractivity contribution in [3.05, 3.63) is 63.5 Å². The number of aromatic nitrogens is 3. The average Bonchev–Trinajstić information content (AvgIpc) is 3.06. The van der Waals surface area contributed by atoms with Gasteiger partial charge in [0.05, 0.1) is 22.6 Å². The predicted molar refractivity (Wildman–Crippen MR) is 135 cm³/mol. The molecule has 3 heterocycles. The fraction of sp³-hybridized carbons (Fsp3) is 0.481. The van der Waals surface area contributed by atoms with Crippen LogP contribution >= 0.6 is 0 Å². The van der Waals surface area contributed by atoms with Crippen molar-refractivity contribution in [2.75, 3.05) is 25.5 Å². The maximum Gasteiger partial charge on any atom is 0.266 e. The number of amides is 1. The highest BCUT2D eigenvalue weighted by atomic mass is 19.3. The molecular weight excluding hydrogens is 499 g/mol. The van der Waals surface area contributed by atoms with E-state index in [1.54, 1.807) is 34.1 Å². The molecule has 1 aliphatic heterocycles. The highest BCUT2D eigenvalue weighted by Crippen LogP contribution is 2.53. The van der Waals surface area contributed by atoms with Crippen LogP contribution in [0.25, 0.3) is 11.0 Å². The first-order valence-corrected chi connectivity index (χ1v) is 12.6.